The Morgan fingerprint density at radius 1 is 1.11 bits per heavy atom. The first-order chi connectivity index (χ1) is 9.33. The van der Waals surface area contributed by atoms with Crippen LogP contribution in [0.15, 0.2) is 53.6 Å². The van der Waals surface area contributed by atoms with E-state index >= 15 is 0 Å². The van der Waals surface area contributed by atoms with Crippen molar-refractivity contribution in [3.8, 4) is 5.75 Å². The van der Waals surface area contributed by atoms with E-state index in [1.54, 1.807) is 24.4 Å². The number of nitrogens with zero attached hydrogens (tertiary/aromatic N) is 2. The van der Waals surface area contributed by atoms with Crippen LogP contribution in [0, 0.1) is 0 Å². The second kappa shape index (κ2) is 5.07. The molecule has 0 saturated carbocycles. The van der Waals surface area contributed by atoms with Crippen molar-refractivity contribution in [2.24, 2.45) is 5.10 Å². The summed E-state index contributed by atoms with van der Waals surface area (Å²) in [4.78, 5) is 4.40. The van der Waals surface area contributed by atoms with E-state index in [9.17, 15) is 5.11 Å². The van der Waals surface area contributed by atoms with Crippen molar-refractivity contribution in [3.05, 3.63) is 54.1 Å². The molecular formula is C14H11N3OS. The maximum atomic E-state index is 9.59. The van der Waals surface area contributed by atoms with E-state index in [2.05, 4.69) is 15.5 Å². The van der Waals surface area contributed by atoms with Gasteiger partial charge in [-0.3, -0.25) is 5.43 Å². The molecule has 3 aromatic rings. The zero-order chi connectivity index (χ0) is 13.1. The summed E-state index contributed by atoms with van der Waals surface area (Å²) in [5, 5.41) is 14.4. The van der Waals surface area contributed by atoms with Gasteiger partial charge in [0, 0.05) is 5.56 Å². The molecule has 5 heteroatoms. The highest BCUT2D eigenvalue weighted by molar-refractivity contribution is 7.22. The third-order valence-electron chi connectivity index (χ3n) is 2.59. The van der Waals surface area contributed by atoms with Crippen molar-refractivity contribution >= 4 is 32.9 Å². The average Bonchev–Trinajstić information content (AvgIpc) is 2.83. The summed E-state index contributed by atoms with van der Waals surface area (Å²) in [5.41, 5.74) is 4.49. The average molecular weight is 269 g/mol. The van der Waals surface area contributed by atoms with Crippen molar-refractivity contribution in [2.75, 3.05) is 5.43 Å². The Kier molecular flexibility index (Phi) is 3.12. The van der Waals surface area contributed by atoms with Gasteiger partial charge in [0.25, 0.3) is 0 Å². The molecule has 0 unspecified atom stereocenters. The molecule has 0 aliphatic rings. The second-order valence-corrected chi connectivity index (χ2v) is 4.95. The number of thiazole rings is 1. The number of hydrogen-bond acceptors (Lipinski definition) is 5. The summed E-state index contributed by atoms with van der Waals surface area (Å²) in [5.74, 6) is 0.206. The number of rotatable bonds is 3. The van der Waals surface area contributed by atoms with Crippen LogP contribution in [-0.4, -0.2) is 16.3 Å². The minimum absolute atomic E-state index is 0.206. The molecule has 0 spiro atoms. The van der Waals surface area contributed by atoms with E-state index in [0.717, 1.165) is 15.3 Å². The van der Waals surface area contributed by atoms with Crippen LogP contribution in [0.4, 0.5) is 5.13 Å². The number of phenols is 1. The third kappa shape index (κ3) is 2.56. The van der Waals surface area contributed by atoms with E-state index in [1.807, 2.05) is 30.3 Å². The maximum absolute atomic E-state index is 9.59. The minimum Gasteiger partial charge on any atom is -0.507 e. The van der Waals surface area contributed by atoms with Gasteiger partial charge < -0.3 is 5.11 Å². The van der Waals surface area contributed by atoms with Gasteiger partial charge >= 0.3 is 0 Å². The first-order valence-electron chi connectivity index (χ1n) is 5.75. The Hall–Kier alpha value is -2.40. The Balaban J connectivity index is 1.77. The highest BCUT2D eigenvalue weighted by Crippen LogP contribution is 2.25. The van der Waals surface area contributed by atoms with Crippen molar-refractivity contribution in [2.45, 2.75) is 0 Å². The number of hydrogen-bond donors (Lipinski definition) is 2. The van der Waals surface area contributed by atoms with Crippen LogP contribution in [0.25, 0.3) is 10.2 Å². The number of aromatic nitrogens is 1. The molecular weight excluding hydrogens is 258 g/mol. The lowest BCUT2D eigenvalue weighted by atomic mass is 10.2. The van der Waals surface area contributed by atoms with Gasteiger partial charge in [-0.15, -0.1) is 0 Å². The Labute approximate surface area is 114 Å². The predicted octanol–water partition coefficient (Wildman–Crippen LogP) is 3.45. The summed E-state index contributed by atoms with van der Waals surface area (Å²) in [6, 6.07) is 15.0. The molecule has 1 aromatic heterocycles. The van der Waals surface area contributed by atoms with E-state index < -0.39 is 0 Å². The third-order valence-corrected chi connectivity index (χ3v) is 3.54. The van der Waals surface area contributed by atoms with Gasteiger partial charge in [-0.1, -0.05) is 35.6 Å². The zero-order valence-corrected chi connectivity index (χ0v) is 10.8. The topological polar surface area (TPSA) is 57.5 Å². The quantitative estimate of drug-likeness (QED) is 0.565. The first kappa shape index (κ1) is 11.7. The van der Waals surface area contributed by atoms with E-state index in [0.29, 0.717) is 5.56 Å². The predicted molar refractivity (Wildman–Crippen MR) is 78.9 cm³/mol. The molecule has 19 heavy (non-hydrogen) atoms. The van der Waals surface area contributed by atoms with Crippen LogP contribution in [0.5, 0.6) is 5.75 Å². The number of hydrazone groups is 1. The molecule has 2 aromatic carbocycles. The van der Waals surface area contributed by atoms with E-state index in [1.165, 1.54) is 11.3 Å². The molecule has 2 N–H and O–H groups in total. The van der Waals surface area contributed by atoms with Crippen molar-refractivity contribution in [1.29, 1.82) is 0 Å². The summed E-state index contributed by atoms with van der Waals surface area (Å²) in [6.45, 7) is 0. The smallest absolute Gasteiger partial charge is 0.204 e. The van der Waals surface area contributed by atoms with E-state index in [-0.39, 0.29) is 5.75 Å². The number of anilines is 1. The van der Waals surface area contributed by atoms with Crippen molar-refractivity contribution in [1.82, 2.24) is 4.98 Å². The molecule has 0 aliphatic heterocycles. The number of fused-ring (bicyclic) bond motifs is 1. The molecule has 94 valence electrons. The molecule has 0 saturated heterocycles. The first-order valence-corrected chi connectivity index (χ1v) is 6.57. The monoisotopic (exact) mass is 269 g/mol. The Morgan fingerprint density at radius 3 is 2.74 bits per heavy atom. The number of nitrogens with one attached hydrogen (secondary N) is 1. The van der Waals surface area contributed by atoms with Crippen LogP contribution >= 0.6 is 11.3 Å². The van der Waals surface area contributed by atoms with Gasteiger partial charge in [-0.2, -0.15) is 5.10 Å². The normalized spacial score (nSPS) is 11.2. The van der Waals surface area contributed by atoms with Crippen molar-refractivity contribution < 1.29 is 5.11 Å². The summed E-state index contributed by atoms with van der Waals surface area (Å²) >= 11 is 1.54. The largest absolute Gasteiger partial charge is 0.507 e. The fraction of sp³-hybridized carbons (Fsp3) is 0. The minimum atomic E-state index is 0.206. The molecule has 0 amide bonds. The van der Waals surface area contributed by atoms with E-state index in [4.69, 9.17) is 0 Å². The number of phenolic OH excluding ortho intramolecular Hbond substituents is 1. The molecule has 0 radical (unpaired) electrons. The SMILES string of the molecule is Oc1ccccc1/C=N/Nc1nc2ccccc2s1. The summed E-state index contributed by atoms with van der Waals surface area (Å²) in [7, 11) is 0. The lowest BCUT2D eigenvalue weighted by molar-refractivity contribution is 0.474. The Bertz CT molecular complexity index is 703. The summed E-state index contributed by atoms with van der Waals surface area (Å²) < 4.78 is 1.11. The highest BCUT2D eigenvalue weighted by Gasteiger charge is 2.01. The van der Waals surface area contributed by atoms with Gasteiger partial charge in [0.05, 0.1) is 16.4 Å². The van der Waals surface area contributed by atoms with Gasteiger partial charge in [0.15, 0.2) is 0 Å². The molecule has 0 aliphatic carbocycles. The summed E-state index contributed by atoms with van der Waals surface area (Å²) in [6.07, 6.45) is 1.57. The fourth-order valence-electron chi connectivity index (χ4n) is 1.67. The van der Waals surface area contributed by atoms with Crippen LogP contribution in [0.1, 0.15) is 5.56 Å². The molecule has 0 atom stereocenters. The van der Waals surface area contributed by atoms with Gasteiger partial charge in [0.1, 0.15) is 5.75 Å². The van der Waals surface area contributed by atoms with Crippen LogP contribution in [0.2, 0.25) is 0 Å². The maximum Gasteiger partial charge on any atom is 0.204 e. The fourth-order valence-corrected chi connectivity index (χ4v) is 2.49. The van der Waals surface area contributed by atoms with Gasteiger partial charge in [0.2, 0.25) is 5.13 Å². The molecule has 3 rings (SSSR count). The molecule has 4 nitrogen and oxygen atoms in total. The lowest BCUT2D eigenvalue weighted by Crippen LogP contribution is -1.89. The number of aromatic hydroxyl groups is 1. The van der Waals surface area contributed by atoms with Crippen LogP contribution < -0.4 is 5.43 Å². The standard InChI is InChI=1S/C14H11N3OS/c18-12-7-3-1-5-10(12)9-15-17-14-16-11-6-2-4-8-13(11)19-14/h1-9,18H,(H,16,17)/b15-9+. The van der Waals surface area contributed by atoms with Crippen LogP contribution in [-0.2, 0) is 0 Å². The second-order valence-electron chi connectivity index (χ2n) is 3.92. The van der Waals surface area contributed by atoms with Gasteiger partial charge in [-0.05, 0) is 24.3 Å². The lowest BCUT2D eigenvalue weighted by Gasteiger charge is -1.96. The Morgan fingerprint density at radius 2 is 1.89 bits per heavy atom. The van der Waals surface area contributed by atoms with Crippen molar-refractivity contribution in [3.63, 3.8) is 0 Å². The number of benzene rings is 2. The van der Waals surface area contributed by atoms with Gasteiger partial charge in [-0.25, -0.2) is 4.98 Å². The molecule has 0 bridgehead atoms. The molecule has 0 fully saturated rings. The molecule has 1 heterocycles. The van der Waals surface area contributed by atoms with Crippen LogP contribution in [0.3, 0.4) is 0 Å². The highest BCUT2D eigenvalue weighted by atomic mass is 32.1. The zero-order valence-electron chi connectivity index (χ0n) is 9.95. The number of para-hydroxylation sites is 2.